The van der Waals surface area contributed by atoms with Gasteiger partial charge in [-0.25, -0.2) is 13.2 Å². The Kier molecular flexibility index (Phi) is 4.53. The van der Waals surface area contributed by atoms with Crippen molar-refractivity contribution in [2.75, 3.05) is 0 Å². The fourth-order valence-electron chi connectivity index (χ4n) is 1.93. The molecule has 0 fully saturated rings. The molecule has 2 rings (SSSR count). The Morgan fingerprint density at radius 2 is 1.43 bits per heavy atom. The zero-order chi connectivity index (χ0) is 15.6. The average molecular weight is 296 g/mol. The molecule has 1 N–H and O–H groups in total. The van der Waals surface area contributed by atoms with Crippen LogP contribution in [0.25, 0.3) is 0 Å². The van der Waals surface area contributed by atoms with Crippen LogP contribution >= 0.6 is 0 Å². The van der Waals surface area contributed by atoms with E-state index in [1.165, 1.54) is 0 Å². The first-order valence-corrected chi connectivity index (χ1v) is 6.47. The highest BCUT2D eigenvalue weighted by molar-refractivity contribution is 5.34. The lowest BCUT2D eigenvalue weighted by atomic mass is 10.0. The summed E-state index contributed by atoms with van der Waals surface area (Å²) in [6.45, 7) is 3.76. The van der Waals surface area contributed by atoms with E-state index in [0.717, 1.165) is 12.1 Å². The highest BCUT2D eigenvalue weighted by atomic mass is 19.2. The Labute approximate surface area is 120 Å². The van der Waals surface area contributed by atoms with Gasteiger partial charge in [0, 0.05) is 0 Å². The summed E-state index contributed by atoms with van der Waals surface area (Å²) in [4.78, 5) is 0. The quantitative estimate of drug-likeness (QED) is 0.865. The summed E-state index contributed by atoms with van der Waals surface area (Å²) in [7, 11) is 0. The largest absolute Gasteiger partial charge is 0.491 e. The standard InChI is InChI=1S/C16H15F3O2/c1-9(2)21-12-5-3-10(4-6-12)16(20)11-7-13(17)15(19)14(18)8-11/h3-9,16,20H,1-2H3. The molecule has 2 aromatic carbocycles. The van der Waals surface area contributed by atoms with E-state index >= 15 is 0 Å². The van der Waals surface area contributed by atoms with Gasteiger partial charge in [0.25, 0.3) is 0 Å². The predicted octanol–water partition coefficient (Wildman–Crippen LogP) is 3.97. The molecule has 1 atom stereocenters. The lowest BCUT2D eigenvalue weighted by Gasteiger charge is -2.14. The molecule has 2 aromatic rings. The molecule has 1 unspecified atom stereocenters. The number of halogens is 3. The maximum atomic E-state index is 13.2. The van der Waals surface area contributed by atoms with Crippen molar-refractivity contribution >= 4 is 0 Å². The van der Waals surface area contributed by atoms with E-state index in [4.69, 9.17) is 4.74 Å². The van der Waals surface area contributed by atoms with Crippen LogP contribution in [0.15, 0.2) is 36.4 Å². The lowest BCUT2D eigenvalue weighted by molar-refractivity contribution is 0.217. The SMILES string of the molecule is CC(C)Oc1ccc(C(O)c2cc(F)c(F)c(F)c2)cc1. The van der Waals surface area contributed by atoms with E-state index in [9.17, 15) is 18.3 Å². The van der Waals surface area contributed by atoms with Crippen molar-refractivity contribution in [2.24, 2.45) is 0 Å². The number of aliphatic hydroxyl groups excluding tert-OH is 1. The van der Waals surface area contributed by atoms with Crippen LogP contribution in [0.2, 0.25) is 0 Å². The third-order valence-corrected chi connectivity index (χ3v) is 2.89. The Bertz CT molecular complexity index is 601. The van der Waals surface area contributed by atoms with Gasteiger partial charge in [-0.15, -0.1) is 0 Å². The minimum atomic E-state index is -1.55. The van der Waals surface area contributed by atoms with Gasteiger partial charge in [-0.2, -0.15) is 0 Å². The molecule has 5 heteroatoms. The second kappa shape index (κ2) is 6.18. The van der Waals surface area contributed by atoms with E-state index in [2.05, 4.69) is 0 Å². The minimum Gasteiger partial charge on any atom is -0.491 e. The number of rotatable bonds is 4. The summed E-state index contributed by atoms with van der Waals surface area (Å²) in [5.41, 5.74) is 0.375. The molecule has 0 aliphatic rings. The van der Waals surface area contributed by atoms with Crippen LogP contribution < -0.4 is 4.74 Å². The van der Waals surface area contributed by atoms with Gasteiger partial charge in [-0.05, 0) is 49.2 Å². The van der Waals surface area contributed by atoms with Crippen molar-refractivity contribution in [2.45, 2.75) is 26.1 Å². The zero-order valence-electron chi connectivity index (χ0n) is 11.6. The average Bonchev–Trinajstić information content (AvgIpc) is 2.43. The second-order valence-corrected chi connectivity index (χ2v) is 4.94. The second-order valence-electron chi connectivity index (χ2n) is 4.94. The summed E-state index contributed by atoms with van der Waals surface area (Å²) in [6, 6.07) is 8.02. The first-order chi connectivity index (χ1) is 9.88. The van der Waals surface area contributed by atoms with Crippen molar-refractivity contribution in [1.82, 2.24) is 0 Å². The molecular formula is C16H15F3O2. The highest BCUT2D eigenvalue weighted by Crippen LogP contribution is 2.26. The molecular weight excluding hydrogens is 281 g/mol. The maximum absolute atomic E-state index is 13.2. The predicted molar refractivity (Wildman–Crippen MR) is 72.6 cm³/mol. The molecule has 2 nitrogen and oxygen atoms in total. The summed E-state index contributed by atoms with van der Waals surface area (Å²) < 4.78 is 44.7. The molecule has 0 saturated carbocycles. The lowest BCUT2D eigenvalue weighted by Crippen LogP contribution is -2.06. The molecule has 0 amide bonds. The first-order valence-electron chi connectivity index (χ1n) is 6.47. The Morgan fingerprint density at radius 1 is 0.905 bits per heavy atom. The third-order valence-electron chi connectivity index (χ3n) is 2.89. The van der Waals surface area contributed by atoms with Crippen LogP contribution in [0.1, 0.15) is 31.1 Å². The zero-order valence-corrected chi connectivity index (χ0v) is 11.6. The number of aliphatic hydroxyl groups is 1. The Morgan fingerprint density at radius 3 is 1.90 bits per heavy atom. The van der Waals surface area contributed by atoms with Gasteiger partial charge >= 0.3 is 0 Å². The fraction of sp³-hybridized carbons (Fsp3) is 0.250. The third kappa shape index (κ3) is 3.55. The van der Waals surface area contributed by atoms with Crippen LogP contribution in [0, 0.1) is 17.5 Å². The van der Waals surface area contributed by atoms with Crippen LogP contribution in [0.5, 0.6) is 5.75 Å². The number of benzene rings is 2. The number of hydrogen-bond acceptors (Lipinski definition) is 2. The van der Waals surface area contributed by atoms with Gasteiger partial charge < -0.3 is 9.84 Å². The van der Waals surface area contributed by atoms with Crippen molar-refractivity contribution < 1.29 is 23.0 Å². The van der Waals surface area contributed by atoms with E-state index in [0.29, 0.717) is 11.3 Å². The molecule has 0 aromatic heterocycles. The molecule has 0 bridgehead atoms. The van der Waals surface area contributed by atoms with Gasteiger partial charge in [-0.1, -0.05) is 12.1 Å². The molecule has 0 aliphatic carbocycles. The molecule has 0 radical (unpaired) electrons. The summed E-state index contributed by atoms with van der Waals surface area (Å²) in [5, 5.41) is 10.1. The van der Waals surface area contributed by atoms with Crippen molar-refractivity contribution in [3.63, 3.8) is 0 Å². The smallest absolute Gasteiger partial charge is 0.194 e. The monoisotopic (exact) mass is 296 g/mol. The fourth-order valence-corrected chi connectivity index (χ4v) is 1.93. The van der Waals surface area contributed by atoms with Crippen LogP contribution in [-0.2, 0) is 0 Å². The van der Waals surface area contributed by atoms with Crippen LogP contribution in [0.4, 0.5) is 13.2 Å². The van der Waals surface area contributed by atoms with Gasteiger partial charge in [0.05, 0.1) is 6.10 Å². The first kappa shape index (κ1) is 15.4. The normalized spacial score (nSPS) is 12.5. The Balaban J connectivity index is 2.25. The van der Waals surface area contributed by atoms with Crippen LogP contribution in [0.3, 0.4) is 0 Å². The number of ether oxygens (including phenoxy) is 1. The summed E-state index contributed by atoms with van der Waals surface area (Å²) in [6.07, 6.45) is -1.23. The summed E-state index contributed by atoms with van der Waals surface area (Å²) in [5.74, 6) is -3.59. The molecule has 0 saturated heterocycles. The Hall–Kier alpha value is -2.01. The van der Waals surface area contributed by atoms with Crippen molar-refractivity contribution in [1.29, 1.82) is 0 Å². The molecule has 0 heterocycles. The number of hydrogen-bond donors (Lipinski definition) is 1. The van der Waals surface area contributed by atoms with E-state index in [1.807, 2.05) is 13.8 Å². The molecule has 0 aliphatic heterocycles. The summed E-state index contributed by atoms with van der Waals surface area (Å²) >= 11 is 0. The van der Waals surface area contributed by atoms with Crippen LogP contribution in [-0.4, -0.2) is 11.2 Å². The van der Waals surface area contributed by atoms with Gasteiger partial charge in [0.2, 0.25) is 0 Å². The van der Waals surface area contributed by atoms with Gasteiger partial charge in [0.15, 0.2) is 17.5 Å². The van der Waals surface area contributed by atoms with Gasteiger partial charge in [-0.3, -0.25) is 0 Å². The molecule has 21 heavy (non-hydrogen) atoms. The molecule has 112 valence electrons. The molecule has 0 spiro atoms. The van der Waals surface area contributed by atoms with E-state index < -0.39 is 23.6 Å². The van der Waals surface area contributed by atoms with E-state index in [1.54, 1.807) is 24.3 Å². The topological polar surface area (TPSA) is 29.5 Å². The van der Waals surface area contributed by atoms with Crippen molar-refractivity contribution in [3.8, 4) is 5.75 Å². The van der Waals surface area contributed by atoms with Gasteiger partial charge in [0.1, 0.15) is 11.9 Å². The van der Waals surface area contributed by atoms with Crippen molar-refractivity contribution in [3.05, 3.63) is 65.0 Å². The maximum Gasteiger partial charge on any atom is 0.194 e. The minimum absolute atomic E-state index is 0.0149. The highest BCUT2D eigenvalue weighted by Gasteiger charge is 2.17. The van der Waals surface area contributed by atoms with E-state index in [-0.39, 0.29) is 11.7 Å².